The number of hydrogen-bond donors (Lipinski definition) is 2. The average molecular weight is 385 g/mol. The molecule has 0 spiro atoms. The predicted octanol–water partition coefficient (Wildman–Crippen LogP) is 5.58. The van der Waals surface area contributed by atoms with Crippen LogP contribution in [-0.2, 0) is 6.42 Å². The van der Waals surface area contributed by atoms with Crippen LogP contribution in [0.1, 0.15) is 43.1 Å². The van der Waals surface area contributed by atoms with Crippen LogP contribution < -0.4 is 10.6 Å². The van der Waals surface area contributed by atoms with E-state index >= 15 is 0 Å². The molecule has 0 aliphatic carbocycles. The molecule has 6 heteroatoms. The quantitative estimate of drug-likeness (QED) is 0.583. The topological polar surface area (TPSA) is 58.2 Å². The Kier molecular flexibility index (Phi) is 5.85. The van der Waals surface area contributed by atoms with Crippen molar-refractivity contribution >= 4 is 45.9 Å². The lowest BCUT2D eigenvalue weighted by Gasteiger charge is -2.07. The zero-order valence-corrected chi connectivity index (χ0v) is 16.3. The van der Waals surface area contributed by atoms with Gasteiger partial charge in [0.1, 0.15) is 0 Å². The minimum atomic E-state index is -0.151. The smallest absolute Gasteiger partial charge is 0.265 e. The Morgan fingerprint density at radius 2 is 1.65 bits per heavy atom. The third-order valence-corrected chi connectivity index (χ3v) is 5.85. The third-order valence-electron chi connectivity index (χ3n) is 3.89. The number of rotatable bonds is 6. The highest BCUT2D eigenvalue weighted by Crippen LogP contribution is 2.24. The van der Waals surface area contributed by atoms with Crippen LogP contribution >= 0.6 is 22.7 Å². The molecule has 0 saturated carbocycles. The second-order valence-corrected chi connectivity index (χ2v) is 8.11. The maximum atomic E-state index is 12.5. The first-order valence-corrected chi connectivity index (χ1v) is 10.1. The maximum Gasteiger partial charge on any atom is 0.265 e. The van der Waals surface area contributed by atoms with E-state index in [9.17, 15) is 9.59 Å². The molecule has 0 bridgehead atoms. The van der Waals surface area contributed by atoms with E-state index in [1.54, 1.807) is 18.2 Å². The largest absolute Gasteiger partial charge is 0.321 e. The summed E-state index contributed by atoms with van der Waals surface area (Å²) in [6.45, 7) is 4.18. The highest BCUT2D eigenvalue weighted by atomic mass is 32.1. The number of thiophene rings is 2. The summed E-state index contributed by atoms with van der Waals surface area (Å²) in [6.07, 6.45) is 2.05. The fourth-order valence-corrected chi connectivity index (χ4v) is 4.20. The molecule has 2 amide bonds. The Bertz CT molecular complexity index is 914. The molecule has 26 heavy (non-hydrogen) atoms. The molecular weight excluding hydrogens is 364 g/mol. The fourth-order valence-electron chi connectivity index (χ4n) is 2.62. The number of carbonyl (C=O) groups excluding carboxylic acids is 2. The average Bonchev–Trinajstić information content (AvgIpc) is 3.26. The van der Waals surface area contributed by atoms with E-state index in [0.29, 0.717) is 21.1 Å². The van der Waals surface area contributed by atoms with Crippen LogP contribution in [0.25, 0.3) is 0 Å². The van der Waals surface area contributed by atoms with Gasteiger partial charge in [0.05, 0.1) is 9.75 Å². The van der Waals surface area contributed by atoms with E-state index in [1.807, 2.05) is 36.6 Å². The Hall–Kier alpha value is -2.44. The summed E-state index contributed by atoms with van der Waals surface area (Å²) in [4.78, 5) is 27.2. The van der Waals surface area contributed by atoms with Crippen LogP contribution in [0.3, 0.4) is 0 Å². The number of nitrogens with one attached hydrogen (secondary N) is 2. The van der Waals surface area contributed by atoms with Crippen LogP contribution in [0.4, 0.5) is 11.4 Å². The predicted molar refractivity (Wildman–Crippen MR) is 110 cm³/mol. The Balaban J connectivity index is 1.69. The van der Waals surface area contributed by atoms with Crippen molar-refractivity contribution in [3.63, 3.8) is 0 Å². The Morgan fingerprint density at radius 1 is 0.962 bits per heavy atom. The van der Waals surface area contributed by atoms with E-state index in [-0.39, 0.29) is 11.8 Å². The molecule has 2 N–H and O–H groups in total. The molecule has 0 atom stereocenters. The van der Waals surface area contributed by atoms with Crippen molar-refractivity contribution in [2.24, 2.45) is 0 Å². The summed E-state index contributed by atoms with van der Waals surface area (Å²) < 4.78 is 0. The minimum absolute atomic E-state index is 0.123. The molecule has 0 aliphatic heterocycles. The van der Waals surface area contributed by atoms with E-state index in [2.05, 4.69) is 17.6 Å². The van der Waals surface area contributed by atoms with Crippen LogP contribution in [0.2, 0.25) is 0 Å². The summed E-state index contributed by atoms with van der Waals surface area (Å²) in [5.74, 6) is -0.274. The van der Waals surface area contributed by atoms with Crippen LogP contribution in [-0.4, -0.2) is 11.8 Å². The highest BCUT2D eigenvalue weighted by Gasteiger charge is 2.13. The van der Waals surface area contributed by atoms with Crippen LogP contribution in [0, 0.1) is 6.92 Å². The molecule has 3 rings (SSSR count). The van der Waals surface area contributed by atoms with Gasteiger partial charge >= 0.3 is 0 Å². The Labute approximate surface area is 160 Å². The van der Waals surface area contributed by atoms with Gasteiger partial charge in [0.15, 0.2) is 0 Å². The van der Waals surface area contributed by atoms with Gasteiger partial charge in [-0.05, 0) is 54.6 Å². The summed E-state index contributed by atoms with van der Waals surface area (Å²) >= 11 is 2.90. The van der Waals surface area contributed by atoms with Gasteiger partial charge in [0.25, 0.3) is 11.8 Å². The number of benzene rings is 1. The van der Waals surface area contributed by atoms with E-state index in [1.165, 1.54) is 33.1 Å². The van der Waals surface area contributed by atoms with E-state index in [0.717, 1.165) is 12.8 Å². The van der Waals surface area contributed by atoms with Gasteiger partial charge < -0.3 is 10.6 Å². The van der Waals surface area contributed by atoms with E-state index < -0.39 is 0 Å². The number of hydrogen-bond acceptors (Lipinski definition) is 4. The summed E-state index contributed by atoms with van der Waals surface area (Å²) in [5.41, 5.74) is 2.54. The second-order valence-electron chi connectivity index (χ2n) is 5.91. The third kappa shape index (κ3) is 4.39. The monoisotopic (exact) mass is 384 g/mol. The SMILES string of the molecule is CCCc1cc(C(=O)Nc2cccc(NC(=O)c3cccs3)c2)sc1C. The molecule has 0 aliphatic rings. The maximum absolute atomic E-state index is 12.5. The van der Waals surface area contributed by atoms with Gasteiger partial charge in [-0.3, -0.25) is 9.59 Å². The summed E-state index contributed by atoms with van der Waals surface area (Å²) in [5, 5.41) is 7.63. The van der Waals surface area contributed by atoms with Gasteiger partial charge in [0.2, 0.25) is 0 Å². The van der Waals surface area contributed by atoms with Crippen LogP contribution in [0.5, 0.6) is 0 Å². The lowest BCUT2D eigenvalue weighted by molar-refractivity contribution is 0.102. The zero-order chi connectivity index (χ0) is 18.5. The standard InChI is InChI=1S/C20H20N2O2S2/c1-3-6-14-11-18(26-13(14)2)20(24)22-16-8-4-7-15(12-16)21-19(23)17-9-5-10-25-17/h4-5,7-12H,3,6H2,1-2H3,(H,21,23)(H,22,24). The molecule has 134 valence electrons. The van der Waals surface area contributed by atoms with Crippen molar-refractivity contribution in [3.05, 3.63) is 68.0 Å². The van der Waals surface area contributed by atoms with Crippen molar-refractivity contribution in [3.8, 4) is 0 Å². The molecule has 3 aromatic rings. The van der Waals surface area contributed by atoms with Gasteiger partial charge in [-0.15, -0.1) is 22.7 Å². The molecule has 0 radical (unpaired) electrons. The van der Waals surface area contributed by atoms with Gasteiger partial charge in [0, 0.05) is 16.3 Å². The van der Waals surface area contributed by atoms with Crippen molar-refractivity contribution < 1.29 is 9.59 Å². The normalized spacial score (nSPS) is 10.5. The fraction of sp³-hybridized carbons (Fsp3) is 0.200. The van der Waals surface area contributed by atoms with Crippen molar-refractivity contribution in [1.82, 2.24) is 0 Å². The molecule has 2 heterocycles. The molecular formula is C20H20N2O2S2. The summed E-state index contributed by atoms with van der Waals surface area (Å²) in [6, 6.07) is 12.8. The number of carbonyl (C=O) groups is 2. The first-order chi connectivity index (χ1) is 12.6. The Morgan fingerprint density at radius 3 is 2.27 bits per heavy atom. The minimum Gasteiger partial charge on any atom is -0.321 e. The molecule has 0 saturated heterocycles. The van der Waals surface area contributed by atoms with Gasteiger partial charge in [-0.25, -0.2) is 0 Å². The first kappa shape index (κ1) is 18.4. The van der Waals surface area contributed by atoms with Crippen LogP contribution in [0.15, 0.2) is 47.8 Å². The lowest BCUT2D eigenvalue weighted by Crippen LogP contribution is -2.12. The van der Waals surface area contributed by atoms with Crippen molar-refractivity contribution in [2.45, 2.75) is 26.7 Å². The molecule has 2 aromatic heterocycles. The zero-order valence-electron chi connectivity index (χ0n) is 14.7. The van der Waals surface area contributed by atoms with Crippen molar-refractivity contribution in [2.75, 3.05) is 10.6 Å². The number of aryl methyl sites for hydroxylation is 2. The lowest BCUT2D eigenvalue weighted by atomic mass is 10.1. The molecule has 4 nitrogen and oxygen atoms in total. The molecule has 0 unspecified atom stereocenters. The first-order valence-electron chi connectivity index (χ1n) is 8.42. The van der Waals surface area contributed by atoms with Crippen molar-refractivity contribution in [1.29, 1.82) is 0 Å². The van der Waals surface area contributed by atoms with Gasteiger partial charge in [-0.2, -0.15) is 0 Å². The molecule has 0 fully saturated rings. The second kappa shape index (κ2) is 8.29. The number of amides is 2. The van der Waals surface area contributed by atoms with Gasteiger partial charge in [-0.1, -0.05) is 25.5 Å². The highest BCUT2D eigenvalue weighted by molar-refractivity contribution is 7.14. The van der Waals surface area contributed by atoms with E-state index in [4.69, 9.17) is 0 Å². The summed E-state index contributed by atoms with van der Waals surface area (Å²) in [7, 11) is 0. The molecule has 1 aromatic carbocycles. The number of anilines is 2.